The number of hydrogen-bond acceptors (Lipinski definition) is 32. The fraction of sp³-hybridized carbons (Fsp3) is 0.895. The molecule has 0 bridgehead atoms. The number of hydroxylamine groups is 3. The summed E-state index contributed by atoms with van der Waals surface area (Å²) < 4.78 is 55.3. The number of hydrogen-bond donors (Lipinski definition) is 15. The van der Waals surface area contributed by atoms with Crippen LogP contribution in [0.2, 0.25) is 0 Å². The zero-order chi connectivity index (χ0) is 69.0. The van der Waals surface area contributed by atoms with Crippen LogP contribution in [0.25, 0.3) is 0 Å². The van der Waals surface area contributed by atoms with E-state index in [1.54, 1.807) is 0 Å². The lowest BCUT2D eigenvalue weighted by molar-refractivity contribution is -0.924. The summed E-state index contributed by atoms with van der Waals surface area (Å²) in [5, 5.41) is 132. The van der Waals surface area contributed by atoms with Gasteiger partial charge in [-0.25, -0.2) is 0 Å². The number of aliphatic carboxylic acids is 3. The van der Waals surface area contributed by atoms with Gasteiger partial charge in [0.25, 0.3) is 0 Å². The Kier molecular flexibility index (Phi) is 39.6. The summed E-state index contributed by atoms with van der Waals surface area (Å²) in [6, 6.07) is -3.60. The molecule has 4 aliphatic rings. The largest absolute Gasteiger partial charge is 1.00 e. The molecule has 37 heteroatoms. The van der Waals surface area contributed by atoms with Gasteiger partial charge in [0.15, 0.2) is 18.9 Å². The lowest BCUT2D eigenvalue weighted by atomic mass is 9.95. The predicted octanol–water partition coefficient (Wildman–Crippen LogP) is -9.27. The molecule has 548 valence electrons. The summed E-state index contributed by atoms with van der Waals surface area (Å²) in [5.74, 6) is -3.65. The smallest absolute Gasteiger partial charge is 0.303 e. The van der Waals surface area contributed by atoms with Gasteiger partial charge < -0.3 is 140 Å². The van der Waals surface area contributed by atoms with Gasteiger partial charge in [-0.3, -0.25) is 33.8 Å². The minimum Gasteiger partial charge on any atom is -1.00 e. The summed E-state index contributed by atoms with van der Waals surface area (Å²) in [6.07, 6.45) is -38.1. The quantitative estimate of drug-likeness (QED) is 0.0116. The number of likely N-dealkylation sites (N-methyl/N-ethyl adjacent to an activating group) is 3. The third kappa shape index (κ3) is 25.7. The van der Waals surface area contributed by atoms with E-state index in [1.165, 1.54) is 0 Å². The Morgan fingerprint density at radius 2 is 0.830 bits per heavy atom. The molecule has 94 heavy (non-hydrogen) atoms. The van der Waals surface area contributed by atoms with Gasteiger partial charge in [-0.05, 0) is 59.3 Å². The number of carbonyl (C=O) groups is 6. The molecule has 0 aromatic rings. The number of ether oxygens (including phenoxy) is 9. The number of aliphatic hydroxyl groups is 9. The maximum Gasteiger partial charge on any atom is 0.303 e. The summed E-state index contributed by atoms with van der Waals surface area (Å²) in [5.41, 5.74) is 7.04. The first-order valence-corrected chi connectivity index (χ1v) is 31.7. The molecule has 4 aliphatic heterocycles. The Morgan fingerprint density at radius 1 is 0.468 bits per heavy atom. The van der Waals surface area contributed by atoms with Gasteiger partial charge in [-0.2, -0.15) is 16.4 Å². The second-order valence-corrected chi connectivity index (χ2v) is 23.1. The van der Waals surface area contributed by atoms with E-state index in [1.807, 2.05) is 18.7 Å². The maximum atomic E-state index is 11.9. The fourth-order valence-electron chi connectivity index (χ4n) is 10.8. The number of aliphatic hydroxyl groups excluding tert-OH is 9. The minimum absolute atomic E-state index is 0. The number of carboxylic acid groups (broad SMARTS) is 3. The molecule has 15 N–H and O–H groups in total. The lowest BCUT2D eigenvalue weighted by Gasteiger charge is -2.49. The van der Waals surface area contributed by atoms with Gasteiger partial charge in [0, 0.05) is 32.4 Å². The molecule has 0 saturated carbocycles. The summed E-state index contributed by atoms with van der Waals surface area (Å²) >= 11 is 0. The van der Waals surface area contributed by atoms with Crippen LogP contribution in [0.15, 0.2) is 0 Å². The molecule has 36 nitrogen and oxygen atoms in total. The van der Waals surface area contributed by atoms with Crippen molar-refractivity contribution in [3.8, 4) is 0 Å². The number of nitrogens with one attached hydrogen (secondary N) is 3. The summed E-state index contributed by atoms with van der Waals surface area (Å²) in [6.45, 7) is 17.2. The first kappa shape index (κ1) is 84.9. The molecule has 4 rings (SSSR count). The zero-order valence-corrected chi connectivity index (χ0v) is 54.8. The summed E-state index contributed by atoms with van der Waals surface area (Å²) in [4.78, 5) is 89.9. The zero-order valence-electron chi connectivity index (χ0n) is 54.0. The van der Waals surface area contributed by atoms with Crippen molar-refractivity contribution in [2.75, 3.05) is 105 Å². The Balaban J connectivity index is 0.0000230. The average Bonchev–Trinajstić information content (AvgIpc) is 0.783. The number of nitrogens with zero attached hydrogens (tertiary/aromatic N) is 3. The third-order valence-corrected chi connectivity index (χ3v) is 17.1. The molecule has 0 radical (unpaired) electrons. The first-order chi connectivity index (χ1) is 44.4. The number of carbonyl (C=O) groups excluding carboxylic acids is 3. The van der Waals surface area contributed by atoms with Gasteiger partial charge in [-0.1, -0.05) is 27.7 Å². The molecule has 23 atom stereocenters. The first-order valence-electron chi connectivity index (χ1n) is 31.7. The predicted molar refractivity (Wildman–Crippen MR) is 314 cm³/mol. The van der Waals surface area contributed by atoms with Crippen molar-refractivity contribution in [3.05, 3.63) is 0 Å². The van der Waals surface area contributed by atoms with Gasteiger partial charge in [0.05, 0.1) is 77.4 Å². The standard InChI is InChI=1S/C57H102N6O30.ClH/c1-7-61(8-2)19-21-63(11-5,12-6)22-24-83-30-37-52(44(76)49(81)57(88-37)93-60-34(27-66)15-18-41(72)73)90-54-46(78)42(74)50(35(28-67)85-54)89-55-47(79)43(75)51(36(86-55)29-82-23-20-62(9-3)10-4)91-56-48(80)45(77)53(92-59-33(26-65)14-17-40(70)71)38(87-56)31-84-58-32(25-64)13-16-39(68)69;/h25-27,32-38,42-60,67,74-81H,7-24,28-31H2,1-6H3,(H2-,68,69,70,71,72,73);1H/t32-,33-,34-,35?,36?,37?,38?,42?,43?,44?,45?,46?,47?,48?,49?,50?,51?,52?,53?,54?,55?,56?,57?;/m0./s1. The van der Waals surface area contributed by atoms with Crippen molar-refractivity contribution in [1.29, 1.82) is 0 Å². The average molecular weight is 1390 g/mol. The molecule has 0 aliphatic carbocycles. The van der Waals surface area contributed by atoms with Crippen molar-refractivity contribution in [2.24, 2.45) is 0 Å². The lowest BCUT2D eigenvalue weighted by Crippen LogP contribution is -3.00. The van der Waals surface area contributed by atoms with Crippen LogP contribution in [-0.4, -0.2) is 358 Å². The second kappa shape index (κ2) is 43.9. The van der Waals surface area contributed by atoms with Crippen LogP contribution in [-0.2, 0) is 85.9 Å². The van der Waals surface area contributed by atoms with E-state index in [9.17, 15) is 74.7 Å². The number of quaternary nitrogens is 1. The molecular weight excluding hydrogens is 1280 g/mol. The Labute approximate surface area is 551 Å². The van der Waals surface area contributed by atoms with Crippen LogP contribution in [0.3, 0.4) is 0 Å². The van der Waals surface area contributed by atoms with E-state index in [4.69, 9.17) is 72.5 Å². The van der Waals surface area contributed by atoms with Crippen LogP contribution in [0.4, 0.5) is 0 Å². The van der Waals surface area contributed by atoms with Gasteiger partial charge >= 0.3 is 17.9 Å². The van der Waals surface area contributed by atoms with Crippen LogP contribution < -0.4 is 28.8 Å². The van der Waals surface area contributed by atoms with Gasteiger partial charge in [0.2, 0.25) is 6.29 Å². The normalized spacial score (nSPS) is 32.5. The Hall–Kier alpha value is -3.37. The number of aldehydes is 3. The molecule has 4 saturated heterocycles. The number of halogens is 1. The van der Waals surface area contributed by atoms with E-state index in [0.29, 0.717) is 49.5 Å². The van der Waals surface area contributed by atoms with Crippen LogP contribution >= 0.6 is 0 Å². The van der Waals surface area contributed by atoms with Crippen molar-refractivity contribution in [2.45, 2.75) is 221 Å². The SMILES string of the molecule is CCN(CC)CCOCC1OC(OC2C(CO)OC(OC3C(COCC[N+](CC)(CC)CCN(CC)CC)OC(ON[C@H](C=O)CCC(=O)O)C(O)C3O)C(O)C2O)C(O)C(O)C1OC1OC(CON[C@H](C=O)CCC(=O)O)C(ON[C@H](C=O)CCC(=O)O)C(O)C1O.[Cl-]. The molecule has 0 aromatic carbocycles. The highest BCUT2D eigenvalue weighted by atomic mass is 35.5. The maximum absolute atomic E-state index is 11.9. The molecule has 4 heterocycles. The molecular formula is C57H103ClN6O30. The monoisotopic (exact) mass is 1390 g/mol. The molecule has 0 amide bonds. The van der Waals surface area contributed by atoms with Crippen LogP contribution in [0.1, 0.15) is 80.1 Å². The van der Waals surface area contributed by atoms with Crippen LogP contribution in [0, 0.1) is 0 Å². The van der Waals surface area contributed by atoms with E-state index in [0.717, 1.165) is 39.3 Å². The van der Waals surface area contributed by atoms with Crippen LogP contribution in [0.5, 0.6) is 0 Å². The summed E-state index contributed by atoms with van der Waals surface area (Å²) in [7, 11) is 0. The molecule has 0 aromatic heterocycles. The van der Waals surface area contributed by atoms with E-state index in [2.05, 4.69) is 49.0 Å². The molecule has 0 spiro atoms. The highest BCUT2D eigenvalue weighted by Crippen LogP contribution is 2.35. The third-order valence-electron chi connectivity index (χ3n) is 17.1. The highest BCUT2D eigenvalue weighted by Gasteiger charge is 2.56. The number of carboxylic acids is 3. The second-order valence-electron chi connectivity index (χ2n) is 23.1. The van der Waals surface area contributed by atoms with Crippen molar-refractivity contribution in [3.63, 3.8) is 0 Å². The minimum atomic E-state index is -2.16. The Bertz CT molecular complexity index is 2170. The van der Waals surface area contributed by atoms with Crippen molar-refractivity contribution in [1.82, 2.24) is 26.2 Å². The molecule has 20 unspecified atom stereocenters. The van der Waals surface area contributed by atoms with Gasteiger partial charge in [-0.15, -0.1) is 0 Å². The Morgan fingerprint density at radius 3 is 1.24 bits per heavy atom. The fourth-order valence-corrected chi connectivity index (χ4v) is 10.8. The highest BCUT2D eigenvalue weighted by molar-refractivity contribution is 5.69. The van der Waals surface area contributed by atoms with E-state index >= 15 is 0 Å². The topological polar surface area (TPSA) is 499 Å². The number of rotatable bonds is 48. The van der Waals surface area contributed by atoms with E-state index < -0.39 is 198 Å². The molecule has 4 fully saturated rings. The van der Waals surface area contributed by atoms with Gasteiger partial charge in [0.1, 0.15) is 123 Å². The van der Waals surface area contributed by atoms with E-state index in [-0.39, 0.29) is 51.5 Å². The van der Waals surface area contributed by atoms with Crippen molar-refractivity contribution < 1.29 is 164 Å². The van der Waals surface area contributed by atoms with Crippen molar-refractivity contribution >= 4 is 36.8 Å².